The highest BCUT2D eigenvalue weighted by Crippen LogP contribution is 2.38. The van der Waals surface area contributed by atoms with E-state index in [9.17, 15) is 0 Å². The summed E-state index contributed by atoms with van der Waals surface area (Å²) < 4.78 is 17.4. The second kappa shape index (κ2) is 9.33. The molecule has 1 aliphatic rings. The number of nitrogens with one attached hydrogen (secondary N) is 1. The van der Waals surface area contributed by atoms with E-state index in [0.29, 0.717) is 23.3 Å². The molecule has 27 heavy (non-hydrogen) atoms. The van der Waals surface area contributed by atoms with Gasteiger partial charge >= 0.3 is 0 Å². The topological polar surface area (TPSA) is 43.0 Å². The third-order valence-electron chi connectivity index (χ3n) is 4.93. The van der Waals surface area contributed by atoms with E-state index in [2.05, 4.69) is 50.4 Å². The van der Waals surface area contributed by atoms with Crippen LogP contribution in [0.5, 0.6) is 17.2 Å². The highest BCUT2D eigenvalue weighted by molar-refractivity contribution is 9.10. The summed E-state index contributed by atoms with van der Waals surface area (Å²) in [6, 6.07) is 13.0. The number of hydrogen-bond acceptors (Lipinski definition) is 5. The maximum Gasteiger partial charge on any atom is 0.203 e. The highest BCUT2D eigenvalue weighted by atomic mass is 79.9. The van der Waals surface area contributed by atoms with Gasteiger partial charge in [0.05, 0.1) is 21.3 Å². The van der Waals surface area contributed by atoms with Crippen molar-refractivity contribution in [3.8, 4) is 17.2 Å². The fourth-order valence-corrected chi connectivity index (χ4v) is 3.77. The Bertz CT molecular complexity index is 719. The van der Waals surface area contributed by atoms with E-state index in [0.717, 1.165) is 36.9 Å². The van der Waals surface area contributed by atoms with Crippen LogP contribution in [0, 0.1) is 0 Å². The molecule has 1 saturated heterocycles. The van der Waals surface area contributed by atoms with Gasteiger partial charge in [-0.05, 0) is 54.8 Å². The Morgan fingerprint density at radius 2 is 1.56 bits per heavy atom. The summed E-state index contributed by atoms with van der Waals surface area (Å²) in [4.78, 5) is 2.47. The van der Waals surface area contributed by atoms with Crippen LogP contribution in [0.2, 0.25) is 0 Å². The average Bonchev–Trinajstić information content (AvgIpc) is 2.70. The summed E-state index contributed by atoms with van der Waals surface area (Å²) in [6.07, 6.45) is 2.25. The van der Waals surface area contributed by atoms with Crippen LogP contribution in [0.1, 0.15) is 18.4 Å². The molecule has 3 rings (SSSR count). The molecule has 2 aromatic carbocycles. The molecule has 0 aromatic heterocycles. The molecule has 0 spiro atoms. The molecule has 0 atom stereocenters. The number of likely N-dealkylation sites (tertiary alicyclic amines) is 1. The molecule has 1 aliphatic heterocycles. The summed E-state index contributed by atoms with van der Waals surface area (Å²) >= 11 is 3.48. The van der Waals surface area contributed by atoms with Gasteiger partial charge in [-0.25, -0.2) is 0 Å². The quantitative estimate of drug-likeness (QED) is 0.691. The first-order chi connectivity index (χ1) is 13.1. The van der Waals surface area contributed by atoms with Crippen LogP contribution in [0.3, 0.4) is 0 Å². The van der Waals surface area contributed by atoms with Gasteiger partial charge in [-0.15, -0.1) is 0 Å². The fraction of sp³-hybridized carbons (Fsp3) is 0.429. The Labute approximate surface area is 169 Å². The molecule has 2 aromatic rings. The first-order valence-electron chi connectivity index (χ1n) is 9.16. The minimum absolute atomic E-state index is 0.516. The lowest BCUT2D eigenvalue weighted by Gasteiger charge is -2.33. The normalized spacial score (nSPS) is 15.4. The molecular weight excluding hydrogens is 408 g/mol. The lowest BCUT2D eigenvalue weighted by Crippen LogP contribution is -2.38. The van der Waals surface area contributed by atoms with Gasteiger partial charge in [0.15, 0.2) is 11.5 Å². The summed E-state index contributed by atoms with van der Waals surface area (Å²) in [5.74, 6) is 2.05. The van der Waals surface area contributed by atoms with Gasteiger partial charge in [0.25, 0.3) is 0 Å². The van der Waals surface area contributed by atoms with Crippen LogP contribution in [0.25, 0.3) is 0 Å². The molecular formula is C21H27BrN2O3. The van der Waals surface area contributed by atoms with Crippen molar-refractivity contribution in [3.05, 3.63) is 46.4 Å². The Morgan fingerprint density at radius 3 is 2.07 bits per heavy atom. The molecule has 6 heteroatoms. The maximum absolute atomic E-state index is 5.46. The summed E-state index contributed by atoms with van der Waals surface area (Å²) in [5, 5.41) is 3.64. The monoisotopic (exact) mass is 434 g/mol. The minimum Gasteiger partial charge on any atom is -0.493 e. The van der Waals surface area contributed by atoms with Gasteiger partial charge in [0.1, 0.15) is 0 Å². The fourth-order valence-electron chi connectivity index (χ4n) is 3.50. The molecule has 0 unspecified atom stereocenters. The molecule has 5 nitrogen and oxygen atoms in total. The van der Waals surface area contributed by atoms with Crippen molar-refractivity contribution in [1.29, 1.82) is 0 Å². The lowest BCUT2D eigenvalue weighted by atomic mass is 10.0. The van der Waals surface area contributed by atoms with Gasteiger partial charge in [-0.2, -0.15) is 0 Å². The molecule has 0 aliphatic carbocycles. The van der Waals surface area contributed by atoms with E-state index in [1.807, 2.05) is 12.1 Å². The van der Waals surface area contributed by atoms with Gasteiger partial charge in [0.2, 0.25) is 5.75 Å². The SMILES string of the molecule is COc1cc(CN2CCC(Nc3ccc(Br)cc3)CC2)cc(OC)c1OC. The van der Waals surface area contributed by atoms with Crippen molar-refractivity contribution in [2.75, 3.05) is 39.7 Å². The van der Waals surface area contributed by atoms with Crippen LogP contribution in [-0.2, 0) is 6.54 Å². The van der Waals surface area contributed by atoms with Crippen molar-refractivity contribution < 1.29 is 14.2 Å². The predicted molar refractivity (Wildman–Crippen MR) is 112 cm³/mol. The number of methoxy groups -OCH3 is 3. The summed E-state index contributed by atoms with van der Waals surface area (Å²) in [6.45, 7) is 3.00. The zero-order valence-electron chi connectivity index (χ0n) is 16.1. The molecule has 0 amide bonds. The second-order valence-corrected chi connectivity index (χ2v) is 7.65. The van der Waals surface area contributed by atoms with Crippen molar-refractivity contribution in [1.82, 2.24) is 4.90 Å². The van der Waals surface area contributed by atoms with E-state index >= 15 is 0 Å². The zero-order chi connectivity index (χ0) is 19.2. The van der Waals surface area contributed by atoms with Crippen molar-refractivity contribution in [2.24, 2.45) is 0 Å². The maximum atomic E-state index is 5.46. The van der Waals surface area contributed by atoms with Gasteiger partial charge in [-0.1, -0.05) is 15.9 Å². The zero-order valence-corrected chi connectivity index (χ0v) is 17.7. The Balaban J connectivity index is 1.58. The van der Waals surface area contributed by atoms with Crippen LogP contribution >= 0.6 is 15.9 Å². The lowest BCUT2D eigenvalue weighted by molar-refractivity contribution is 0.210. The van der Waals surface area contributed by atoms with Gasteiger partial charge < -0.3 is 19.5 Å². The van der Waals surface area contributed by atoms with Crippen molar-refractivity contribution in [2.45, 2.75) is 25.4 Å². The van der Waals surface area contributed by atoms with E-state index in [1.54, 1.807) is 21.3 Å². The first-order valence-corrected chi connectivity index (χ1v) is 9.95. The van der Waals surface area contributed by atoms with E-state index in [-0.39, 0.29) is 0 Å². The Hall–Kier alpha value is -1.92. The molecule has 146 valence electrons. The van der Waals surface area contributed by atoms with Gasteiger partial charge in [0, 0.05) is 35.8 Å². The molecule has 1 fully saturated rings. The third-order valence-corrected chi connectivity index (χ3v) is 5.46. The number of nitrogens with zero attached hydrogens (tertiary/aromatic N) is 1. The number of halogens is 1. The third kappa shape index (κ3) is 5.08. The average molecular weight is 435 g/mol. The molecule has 1 N–H and O–H groups in total. The number of rotatable bonds is 7. The highest BCUT2D eigenvalue weighted by Gasteiger charge is 2.20. The smallest absolute Gasteiger partial charge is 0.203 e. The number of anilines is 1. The number of hydrogen-bond donors (Lipinski definition) is 1. The van der Waals surface area contributed by atoms with Crippen LogP contribution in [0.4, 0.5) is 5.69 Å². The van der Waals surface area contributed by atoms with Gasteiger partial charge in [-0.3, -0.25) is 4.90 Å². The molecule has 0 saturated carbocycles. The molecule has 0 radical (unpaired) electrons. The molecule has 1 heterocycles. The van der Waals surface area contributed by atoms with Crippen LogP contribution < -0.4 is 19.5 Å². The molecule has 0 bridgehead atoms. The van der Waals surface area contributed by atoms with E-state index < -0.39 is 0 Å². The summed E-state index contributed by atoms with van der Waals surface area (Å²) in [7, 11) is 4.93. The van der Waals surface area contributed by atoms with Crippen LogP contribution in [0.15, 0.2) is 40.9 Å². The van der Waals surface area contributed by atoms with Crippen molar-refractivity contribution in [3.63, 3.8) is 0 Å². The largest absolute Gasteiger partial charge is 0.493 e. The van der Waals surface area contributed by atoms with E-state index in [4.69, 9.17) is 14.2 Å². The number of benzene rings is 2. The Morgan fingerprint density at radius 1 is 0.963 bits per heavy atom. The predicted octanol–water partition coefficient (Wildman–Crippen LogP) is 4.55. The minimum atomic E-state index is 0.516. The number of piperidine rings is 1. The number of ether oxygens (including phenoxy) is 3. The van der Waals surface area contributed by atoms with Crippen LogP contribution in [-0.4, -0.2) is 45.4 Å². The first kappa shape index (κ1) is 19.8. The summed E-state index contributed by atoms with van der Waals surface area (Å²) in [5.41, 5.74) is 2.35. The standard InChI is InChI=1S/C21H27BrN2O3/c1-25-19-12-15(13-20(26-2)21(19)27-3)14-24-10-8-18(9-11-24)23-17-6-4-16(22)5-7-17/h4-7,12-13,18,23H,8-11,14H2,1-3H3. The Kier molecular flexibility index (Phi) is 6.85. The van der Waals surface area contributed by atoms with E-state index in [1.165, 1.54) is 11.3 Å². The van der Waals surface area contributed by atoms with Crippen molar-refractivity contribution >= 4 is 21.6 Å². The second-order valence-electron chi connectivity index (χ2n) is 6.74.